The Kier molecular flexibility index (Phi) is 5.28. The zero-order chi connectivity index (χ0) is 18.4. The lowest BCUT2D eigenvalue weighted by Crippen LogP contribution is -2.45. The van der Waals surface area contributed by atoms with Gasteiger partial charge in [-0.05, 0) is 29.8 Å². The minimum atomic E-state index is -1.03. The van der Waals surface area contributed by atoms with Crippen LogP contribution in [0.25, 0.3) is 5.70 Å². The van der Waals surface area contributed by atoms with Crippen LogP contribution in [0, 0.1) is 0 Å². The van der Waals surface area contributed by atoms with Crippen LogP contribution in [0.15, 0.2) is 71.0 Å². The normalized spacial score (nSPS) is 15.9. The smallest absolute Gasteiger partial charge is 0.411 e. The number of Topliss-reactive ketones (excluding diaryl/α,β-unsaturated/α-hetero) is 1. The highest BCUT2D eigenvalue weighted by Crippen LogP contribution is 2.19. The molecule has 0 bridgehead atoms. The van der Waals surface area contributed by atoms with Gasteiger partial charge < -0.3 is 14.5 Å². The van der Waals surface area contributed by atoms with E-state index in [0.717, 1.165) is 5.56 Å². The van der Waals surface area contributed by atoms with Crippen molar-refractivity contribution in [3.63, 3.8) is 0 Å². The van der Waals surface area contributed by atoms with Crippen LogP contribution in [-0.4, -0.2) is 24.2 Å². The van der Waals surface area contributed by atoms with Crippen molar-refractivity contribution in [1.82, 2.24) is 10.6 Å². The topological polar surface area (TPSA) is 97.6 Å². The Labute approximate surface area is 149 Å². The Bertz CT molecular complexity index is 853. The van der Waals surface area contributed by atoms with Gasteiger partial charge in [-0.25, -0.2) is 4.79 Å². The number of allylic oxidation sites excluding steroid dienone is 2. The van der Waals surface area contributed by atoms with E-state index in [2.05, 4.69) is 10.6 Å². The molecule has 7 heteroatoms. The van der Waals surface area contributed by atoms with Gasteiger partial charge in [-0.2, -0.15) is 0 Å². The van der Waals surface area contributed by atoms with E-state index in [0.29, 0.717) is 11.5 Å². The van der Waals surface area contributed by atoms with Crippen molar-refractivity contribution in [3.8, 4) is 0 Å². The molecule has 1 amide bonds. The summed E-state index contributed by atoms with van der Waals surface area (Å²) in [4.78, 5) is 34.9. The second kappa shape index (κ2) is 7.98. The molecule has 3 rings (SSSR count). The van der Waals surface area contributed by atoms with Gasteiger partial charge >= 0.3 is 6.09 Å². The maximum atomic E-state index is 12.0. The lowest BCUT2D eigenvalue weighted by atomic mass is 10.0. The fraction of sp³-hybridized carbons (Fsp3) is 0.105. The van der Waals surface area contributed by atoms with Gasteiger partial charge in [0.2, 0.25) is 5.78 Å². The summed E-state index contributed by atoms with van der Waals surface area (Å²) >= 11 is 0. The predicted molar refractivity (Wildman–Crippen MR) is 92.5 cm³/mol. The minimum absolute atomic E-state index is 0.0904. The van der Waals surface area contributed by atoms with E-state index in [4.69, 9.17) is 9.15 Å². The van der Waals surface area contributed by atoms with E-state index in [1.54, 1.807) is 18.2 Å². The van der Waals surface area contributed by atoms with E-state index in [1.807, 2.05) is 30.3 Å². The SMILES string of the molecule is O=CC(=O)C1NC(c2ccco2)=CC=C1NC(=O)OCc1ccccc1. The fourth-order valence-corrected chi connectivity index (χ4v) is 2.42. The number of ketones is 1. The number of nitrogens with one attached hydrogen (secondary N) is 2. The van der Waals surface area contributed by atoms with Crippen molar-refractivity contribution in [2.75, 3.05) is 0 Å². The lowest BCUT2D eigenvalue weighted by Gasteiger charge is -2.24. The number of hydrogen-bond donors (Lipinski definition) is 2. The number of alkyl carbamates (subject to hydrolysis) is 1. The molecule has 0 spiro atoms. The standard InChI is InChI=1S/C19H16N2O5/c22-11-16(23)18-15(9-8-14(20-18)17-7-4-10-25-17)21-19(24)26-12-13-5-2-1-3-6-13/h1-11,18,20H,12H2,(H,21,24). The van der Waals surface area contributed by atoms with Crippen molar-refractivity contribution < 1.29 is 23.5 Å². The highest BCUT2D eigenvalue weighted by molar-refractivity contribution is 6.28. The van der Waals surface area contributed by atoms with E-state index < -0.39 is 17.9 Å². The molecule has 1 aromatic heterocycles. The monoisotopic (exact) mass is 352 g/mol. The van der Waals surface area contributed by atoms with Crippen LogP contribution in [0.5, 0.6) is 0 Å². The van der Waals surface area contributed by atoms with E-state index >= 15 is 0 Å². The molecule has 132 valence electrons. The Hall–Kier alpha value is -3.61. The molecule has 26 heavy (non-hydrogen) atoms. The summed E-state index contributed by atoms with van der Waals surface area (Å²) < 4.78 is 10.4. The number of dihydropyridines is 1. The van der Waals surface area contributed by atoms with Crippen molar-refractivity contribution >= 4 is 23.9 Å². The second-order valence-electron chi connectivity index (χ2n) is 5.46. The molecule has 2 aromatic rings. The number of hydrogen-bond acceptors (Lipinski definition) is 6. The molecule has 7 nitrogen and oxygen atoms in total. The molecule has 2 N–H and O–H groups in total. The molecule has 2 heterocycles. The third-order valence-corrected chi connectivity index (χ3v) is 3.69. The Balaban J connectivity index is 1.69. The van der Waals surface area contributed by atoms with Crippen LogP contribution in [0.2, 0.25) is 0 Å². The summed E-state index contributed by atoms with van der Waals surface area (Å²) in [6, 6.07) is 11.6. The molecular weight excluding hydrogens is 336 g/mol. The van der Waals surface area contributed by atoms with Crippen LogP contribution >= 0.6 is 0 Å². The van der Waals surface area contributed by atoms with Gasteiger partial charge in [-0.15, -0.1) is 0 Å². The fourth-order valence-electron chi connectivity index (χ4n) is 2.42. The van der Waals surface area contributed by atoms with Crippen molar-refractivity contribution in [2.45, 2.75) is 12.6 Å². The third-order valence-electron chi connectivity index (χ3n) is 3.69. The molecule has 1 aromatic carbocycles. The van der Waals surface area contributed by atoms with Crippen LogP contribution in [0.3, 0.4) is 0 Å². The van der Waals surface area contributed by atoms with Crippen molar-refractivity contribution in [1.29, 1.82) is 0 Å². The Morgan fingerprint density at radius 3 is 2.65 bits per heavy atom. The Morgan fingerprint density at radius 2 is 1.96 bits per heavy atom. The van der Waals surface area contributed by atoms with E-state index in [9.17, 15) is 14.4 Å². The van der Waals surface area contributed by atoms with Crippen LogP contribution in [0.1, 0.15) is 11.3 Å². The molecule has 0 saturated heterocycles. The van der Waals surface area contributed by atoms with Gasteiger partial charge in [-0.1, -0.05) is 30.3 Å². The maximum Gasteiger partial charge on any atom is 0.411 e. The maximum absolute atomic E-state index is 12.0. The number of carbonyl (C=O) groups excluding carboxylic acids is 3. The highest BCUT2D eigenvalue weighted by Gasteiger charge is 2.28. The molecule has 0 fully saturated rings. The minimum Gasteiger partial charge on any atom is -0.463 e. The van der Waals surface area contributed by atoms with E-state index in [-0.39, 0.29) is 18.6 Å². The van der Waals surface area contributed by atoms with Crippen molar-refractivity contribution in [2.24, 2.45) is 0 Å². The number of carbonyl (C=O) groups is 3. The highest BCUT2D eigenvalue weighted by atomic mass is 16.5. The quantitative estimate of drug-likeness (QED) is 0.611. The average molecular weight is 352 g/mol. The molecule has 1 aliphatic rings. The number of furan rings is 1. The molecular formula is C19H16N2O5. The lowest BCUT2D eigenvalue weighted by molar-refractivity contribution is -0.130. The van der Waals surface area contributed by atoms with Crippen molar-refractivity contribution in [3.05, 3.63) is 77.9 Å². The summed E-state index contributed by atoms with van der Waals surface area (Å²) in [6.45, 7) is 0.0904. The molecule has 1 atom stereocenters. The third kappa shape index (κ3) is 4.07. The van der Waals surface area contributed by atoms with Gasteiger partial charge in [0.15, 0.2) is 6.29 Å². The molecule has 1 aliphatic heterocycles. The van der Waals surface area contributed by atoms with Gasteiger partial charge in [0.25, 0.3) is 0 Å². The number of benzene rings is 1. The van der Waals surface area contributed by atoms with Gasteiger partial charge in [0.1, 0.15) is 18.4 Å². The van der Waals surface area contributed by atoms with E-state index in [1.165, 1.54) is 12.3 Å². The van der Waals surface area contributed by atoms with Crippen LogP contribution < -0.4 is 10.6 Å². The number of amides is 1. The molecule has 0 saturated carbocycles. The van der Waals surface area contributed by atoms with Gasteiger partial charge in [-0.3, -0.25) is 14.9 Å². The van der Waals surface area contributed by atoms with Gasteiger partial charge in [0, 0.05) is 0 Å². The zero-order valence-corrected chi connectivity index (χ0v) is 13.7. The predicted octanol–water partition coefficient (Wildman–Crippen LogP) is 2.17. The zero-order valence-electron chi connectivity index (χ0n) is 13.7. The summed E-state index contributed by atoms with van der Waals surface area (Å²) in [5.41, 5.74) is 1.58. The molecule has 0 radical (unpaired) electrons. The first kappa shape index (κ1) is 17.2. The summed E-state index contributed by atoms with van der Waals surface area (Å²) in [5, 5.41) is 5.39. The average Bonchev–Trinajstić information content (AvgIpc) is 3.21. The number of aldehydes is 1. The largest absolute Gasteiger partial charge is 0.463 e. The molecule has 0 aliphatic carbocycles. The van der Waals surface area contributed by atoms with Crippen LogP contribution in [0.4, 0.5) is 4.79 Å². The Morgan fingerprint density at radius 1 is 1.15 bits per heavy atom. The second-order valence-corrected chi connectivity index (χ2v) is 5.46. The summed E-state index contributed by atoms with van der Waals surface area (Å²) in [6.07, 6.45) is 4.14. The molecule has 1 unspecified atom stereocenters. The number of ether oxygens (including phenoxy) is 1. The van der Waals surface area contributed by atoms with Gasteiger partial charge in [0.05, 0.1) is 17.7 Å². The summed E-state index contributed by atoms with van der Waals surface area (Å²) in [7, 11) is 0. The first-order valence-electron chi connectivity index (χ1n) is 7.86. The first-order chi connectivity index (χ1) is 12.7. The number of rotatable bonds is 6. The van der Waals surface area contributed by atoms with Crippen LogP contribution in [-0.2, 0) is 20.9 Å². The first-order valence-corrected chi connectivity index (χ1v) is 7.86. The summed E-state index contributed by atoms with van der Waals surface area (Å²) in [5.74, 6) is -0.215.